The molecule has 1 aromatic carbocycles. The number of carbonyl (C=O) groups is 1. The van der Waals surface area contributed by atoms with Crippen molar-refractivity contribution in [3.05, 3.63) is 29.3 Å². The number of hydrogen-bond donors (Lipinski definition) is 0. The predicted molar refractivity (Wildman–Crippen MR) is 62.8 cm³/mol. The molecule has 0 radical (unpaired) electrons. The van der Waals surface area contributed by atoms with Crippen molar-refractivity contribution >= 4 is 6.09 Å². The van der Waals surface area contributed by atoms with Crippen LogP contribution in [0.3, 0.4) is 0 Å². The summed E-state index contributed by atoms with van der Waals surface area (Å²) < 4.78 is 5.28. The molecule has 1 amide bonds. The molecule has 1 aliphatic rings. The van der Waals surface area contributed by atoms with Crippen LogP contribution in [0.5, 0.6) is 5.75 Å². The highest BCUT2D eigenvalue weighted by Gasteiger charge is 2.14. The summed E-state index contributed by atoms with van der Waals surface area (Å²) in [6, 6.07) is 5.94. The maximum Gasteiger partial charge on any atom is 0.414 e. The fourth-order valence-electron chi connectivity index (χ4n) is 1.92. The lowest BCUT2D eigenvalue weighted by molar-refractivity contribution is 0.165. The standard InChI is InChI=1S/C13H17NO2/c1-3-14(2)13(15)16-12-8-7-10-5-4-6-11(10)9-12/h7-9H,3-6H2,1-2H3. The van der Waals surface area contributed by atoms with Crippen molar-refractivity contribution in [2.24, 2.45) is 0 Å². The fraction of sp³-hybridized carbons (Fsp3) is 0.462. The fourth-order valence-corrected chi connectivity index (χ4v) is 1.92. The largest absolute Gasteiger partial charge is 0.414 e. The van der Waals surface area contributed by atoms with Gasteiger partial charge in [0.15, 0.2) is 0 Å². The molecule has 1 aromatic rings. The zero-order chi connectivity index (χ0) is 11.5. The van der Waals surface area contributed by atoms with Crippen LogP contribution >= 0.6 is 0 Å². The molecule has 0 N–H and O–H groups in total. The van der Waals surface area contributed by atoms with E-state index in [4.69, 9.17) is 4.74 Å². The van der Waals surface area contributed by atoms with Crippen LogP contribution in [0.25, 0.3) is 0 Å². The van der Waals surface area contributed by atoms with Crippen molar-refractivity contribution < 1.29 is 9.53 Å². The Morgan fingerprint density at radius 2 is 2.12 bits per heavy atom. The first kappa shape index (κ1) is 11.0. The van der Waals surface area contributed by atoms with Crippen LogP contribution in [0.2, 0.25) is 0 Å². The number of hydrogen-bond acceptors (Lipinski definition) is 2. The molecule has 2 rings (SSSR count). The van der Waals surface area contributed by atoms with Gasteiger partial charge in [0, 0.05) is 13.6 Å². The Hall–Kier alpha value is -1.51. The quantitative estimate of drug-likeness (QED) is 0.765. The Morgan fingerprint density at radius 3 is 2.88 bits per heavy atom. The van der Waals surface area contributed by atoms with Gasteiger partial charge in [-0.2, -0.15) is 0 Å². The third-order valence-corrected chi connectivity index (χ3v) is 3.06. The maximum atomic E-state index is 11.5. The summed E-state index contributed by atoms with van der Waals surface area (Å²) in [4.78, 5) is 13.1. The van der Waals surface area contributed by atoms with Gasteiger partial charge in [0.05, 0.1) is 0 Å². The monoisotopic (exact) mass is 219 g/mol. The summed E-state index contributed by atoms with van der Waals surface area (Å²) in [5.74, 6) is 0.658. The third kappa shape index (κ3) is 2.18. The van der Waals surface area contributed by atoms with Crippen LogP contribution in [0, 0.1) is 0 Å². The summed E-state index contributed by atoms with van der Waals surface area (Å²) in [7, 11) is 1.73. The van der Waals surface area contributed by atoms with Crippen LogP contribution in [0.4, 0.5) is 4.79 Å². The smallest absolute Gasteiger partial charge is 0.410 e. The Bertz CT molecular complexity index is 401. The molecule has 0 unspecified atom stereocenters. The van der Waals surface area contributed by atoms with Crippen molar-refractivity contribution in [2.45, 2.75) is 26.2 Å². The number of fused-ring (bicyclic) bond motifs is 1. The van der Waals surface area contributed by atoms with E-state index in [-0.39, 0.29) is 6.09 Å². The Labute approximate surface area is 96.0 Å². The molecule has 0 saturated carbocycles. The number of carbonyl (C=O) groups excluding carboxylic acids is 1. The normalized spacial score (nSPS) is 13.4. The van der Waals surface area contributed by atoms with Crippen molar-refractivity contribution in [2.75, 3.05) is 13.6 Å². The minimum absolute atomic E-state index is 0.291. The lowest BCUT2D eigenvalue weighted by Gasteiger charge is -2.14. The summed E-state index contributed by atoms with van der Waals surface area (Å²) >= 11 is 0. The minimum atomic E-state index is -0.291. The average Bonchev–Trinajstić information content (AvgIpc) is 2.75. The van der Waals surface area contributed by atoms with Gasteiger partial charge in [-0.05, 0) is 49.4 Å². The van der Waals surface area contributed by atoms with Crippen LogP contribution in [-0.4, -0.2) is 24.6 Å². The van der Waals surface area contributed by atoms with Gasteiger partial charge in [-0.25, -0.2) is 4.79 Å². The highest BCUT2D eigenvalue weighted by atomic mass is 16.6. The van der Waals surface area contributed by atoms with Gasteiger partial charge in [0.1, 0.15) is 5.75 Å². The van der Waals surface area contributed by atoms with Crippen molar-refractivity contribution in [3.63, 3.8) is 0 Å². The van der Waals surface area contributed by atoms with Gasteiger partial charge in [0.25, 0.3) is 0 Å². The van der Waals surface area contributed by atoms with E-state index < -0.39 is 0 Å². The highest BCUT2D eigenvalue weighted by molar-refractivity contribution is 5.70. The Morgan fingerprint density at radius 1 is 1.38 bits per heavy atom. The molecule has 3 nitrogen and oxygen atoms in total. The summed E-state index contributed by atoms with van der Waals surface area (Å²) in [5.41, 5.74) is 2.72. The first-order valence-corrected chi connectivity index (χ1v) is 5.75. The zero-order valence-electron chi connectivity index (χ0n) is 9.82. The first-order chi connectivity index (χ1) is 7.70. The second-order valence-corrected chi connectivity index (χ2v) is 4.17. The van der Waals surface area contributed by atoms with Crippen molar-refractivity contribution in [1.29, 1.82) is 0 Å². The number of benzene rings is 1. The van der Waals surface area contributed by atoms with Gasteiger partial charge in [0.2, 0.25) is 0 Å². The second kappa shape index (κ2) is 4.56. The molecule has 0 aromatic heterocycles. The molecular weight excluding hydrogens is 202 g/mol. The SMILES string of the molecule is CCN(C)C(=O)Oc1ccc2c(c1)CCC2. The van der Waals surface area contributed by atoms with Crippen LogP contribution in [0.1, 0.15) is 24.5 Å². The predicted octanol–water partition coefficient (Wildman–Crippen LogP) is 2.63. The number of amides is 1. The van der Waals surface area contributed by atoms with Crippen LogP contribution in [-0.2, 0) is 12.8 Å². The summed E-state index contributed by atoms with van der Waals surface area (Å²) in [6.45, 7) is 2.58. The van der Waals surface area contributed by atoms with E-state index in [1.54, 1.807) is 11.9 Å². The lowest BCUT2D eigenvalue weighted by atomic mass is 10.1. The molecule has 0 heterocycles. The van der Waals surface area contributed by atoms with Gasteiger partial charge in [-0.1, -0.05) is 6.07 Å². The molecule has 0 saturated heterocycles. The van der Waals surface area contributed by atoms with Crippen LogP contribution in [0.15, 0.2) is 18.2 Å². The number of aryl methyl sites for hydroxylation is 2. The topological polar surface area (TPSA) is 29.5 Å². The molecule has 0 aliphatic heterocycles. The summed E-state index contributed by atoms with van der Waals surface area (Å²) in [5, 5.41) is 0. The van der Waals surface area contributed by atoms with Gasteiger partial charge >= 0.3 is 6.09 Å². The molecule has 0 spiro atoms. The van der Waals surface area contributed by atoms with E-state index in [9.17, 15) is 4.79 Å². The van der Waals surface area contributed by atoms with E-state index in [1.165, 1.54) is 17.5 Å². The maximum absolute atomic E-state index is 11.5. The Kier molecular flexibility index (Phi) is 3.13. The van der Waals surface area contributed by atoms with E-state index in [0.717, 1.165) is 12.8 Å². The number of ether oxygens (including phenoxy) is 1. The molecule has 0 bridgehead atoms. The average molecular weight is 219 g/mol. The van der Waals surface area contributed by atoms with Gasteiger partial charge < -0.3 is 9.64 Å². The Balaban J connectivity index is 2.08. The van der Waals surface area contributed by atoms with Gasteiger partial charge in [-0.15, -0.1) is 0 Å². The molecule has 3 heteroatoms. The number of nitrogens with zero attached hydrogens (tertiary/aromatic N) is 1. The van der Waals surface area contributed by atoms with E-state index in [1.807, 2.05) is 19.1 Å². The highest BCUT2D eigenvalue weighted by Crippen LogP contribution is 2.26. The van der Waals surface area contributed by atoms with Crippen LogP contribution < -0.4 is 4.74 Å². The van der Waals surface area contributed by atoms with E-state index in [0.29, 0.717) is 12.3 Å². The molecular formula is C13H17NO2. The van der Waals surface area contributed by atoms with Crippen molar-refractivity contribution in [1.82, 2.24) is 4.90 Å². The van der Waals surface area contributed by atoms with E-state index in [2.05, 4.69) is 6.07 Å². The van der Waals surface area contributed by atoms with Gasteiger partial charge in [-0.3, -0.25) is 0 Å². The second-order valence-electron chi connectivity index (χ2n) is 4.17. The third-order valence-electron chi connectivity index (χ3n) is 3.06. The zero-order valence-corrected chi connectivity index (χ0v) is 9.82. The van der Waals surface area contributed by atoms with E-state index >= 15 is 0 Å². The summed E-state index contributed by atoms with van der Waals surface area (Å²) in [6.07, 6.45) is 3.17. The molecule has 0 fully saturated rings. The lowest BCUT2D eigenvalue weighted by Crippen LogP contribution is -2.29. The molecule has 86 valence electrons. The molecule has 1 aliphatic carbocycles. The molecule has 0 atom stereocenters. The minimum Gasteiger partial charge on any atom is -0.410 e. The number of rotatable bonds is 2. The first-order valence-electron chi connectivity index (χ1n) is 5.75. The molecule has 16 heavy (non-hydrogen) atoms. The van der Waals surface area contributed by atoms with Crippen molar-refractivity contribution in [3.8, 4) is 5.75 Å².